The van der Waals surface area contributed by atoms with Gasteiger partial charge in [0, 0.05) is 13.3 Å². The number of nitrogens with two attached hydrogens (primary N) is 1. The molecule has 4 amide bonds. The van der Waals surface area contributed by atoms with E-state index in [4.69, 9.17) is 5.73 Å². The molecule has 0 aromatic heterocycles. The molecule has 0 unspecified atom stereocenters. The molecule has 0 saturated heterocycles. The average molecular weight is 360 g/mol. The van der Waals surface area contributed by atoms with Crippen LogP contribution in [-0.4, -0.2) is 35.7 Å². The number of amides is 4. The molecule has 8 nitrogen and oxygen atoms in total. The third-order valence-electron chi connectivity index (χ3n) is 3.54. The van der Waals surface area contributed by atoms with E-state index in [1.807, 2.05) is 30.3 Å². The van der Waals surface area contributed by atoms with E-state index in [9.17, 15) is 19.2 Å². The second-order valence-corrected chi connectivity index (χ2v) is 5.73. The molecule has 0 spiro atoms. The second kappa shape index (κ2) is 9.97. The maximum atomic E-state index is 12.5. The van der Waals surface area contributed by atoms with E-state index in [1.54, 1.807) is 6.92 Å². The zero-order valence-electron chi connectivity index (χ0n) is 15.0. The molecule has 0 bridgehead atoms. The van der Waals surface area contributed by atoms with Gasteiger partial charge in [-0.25, -0.2) is 0 Å². The highest BCUT2D eigenvalue weighted by Gasteiger charge is 2.23. The normalized spacial score (nSPS) is 13.3. The molecule has 1 aromatic carbocycles. The van der Waals surface area contributed by atoms with Gasteiger partial charge in [0.25, 0.3) is 5.91 Å². The third kappa shape index (κ3) is 6.76. The summed E-state index contributed by atoms with van der Waals surface area (Å²) in [7, 11) is 0. The first-order valence-electron chi connectivity index (χ1n) is 8.13. The predicted molar refractivity (Wildman–Crippen MR) is 96.4 cm³/mol. The molecular weight excluding hydrogens is 336 g/mol. The molecule has 2 atom stereocenters. The number of rotatable bonds is 8. The molecule has 1 aromatic rings. The fourth-order valence-corrected chi connectivity index (χ4v) is 2.13. The monoisotopic (exact) mass is 360 g/mol. The van der Waals surface area contributed by atoms with Gasteiger partial charge in [-0.2, -0.15) is 0 Å². The Bertz CT molecular complexity index is 700. The summed E-state index contributed by atoms with van der Waals surface area (Å²) < 4.78 is 0. The summed E-state index contributed by atoms with van der Waals surface area (Å²) in [6.07, 6.45) is 1.66. The number of benzene rings is 1. The summed E-state index contributed by atoms with van der Waals surface area (Å²) in [4.78, 5) is 47.2. The molecule has 0 saturated carbocycles. The van der Waals surface area contributed by atoms with Crippen LogP contribution < -0.4 is 21.7 Å². The van der Waals surface area contributed by atoms with E-state index in [1.165, 1.54) is 19.9 Å². The van der Waals surface area contributed by atoms with Crippen LogP contribution in [0.15, 0.2) is 42.1 Å². The van der Waals surface area contributed by atoms with Crippen molar-refractivity contribution < 1.29 is 19.2 Å². The van der Waals surface area contributed by atoms with E-state index in [0.717, 1.165) is 5.56 Å². The van der Waals surface area contributed by atoms with Crippen LogP contribution in [0.4, 0.5) is 0 Å². The minimum Gasteiger partial charge on any atom is -0.368 e. The Morgan fingerprint density at radius 3 is 2.23 bits per heavy atom. The molecule has 5 N–H and O–H groups in total. The molecule has 0 heterocycles. The van der Waals surface area contributed by atoms with E-state index in [0.29, 0.717) is 0 Å². The molecule has 140 valence electrons. The molecule has 8 heteroatoms. The largest absolute Gasteiger partial charge is 0.368 e. The Balaban J connectivity index is 2.84. The van der Waals surface area contributed by atoms with Crippen molar-refractivity contribution in [2.24, 2.45) is 5.73 Å². The van der Waals surface area contributed by atoms with Gasteiger partial charge in [0.1, 0.15) is 17.8 Å². The number of allylic oxidation sites excluding steroid dienone is 1. The third-order valence-corrected chi connectivity index (χ3v) is 3.54. The zero-order valence-corrected chi connectivity index (χ0v) is 15.0. The lowest BCUT2D eigenvalue weighted by molar-refractivity contribution is -0.129. The van der Waals surface area contributed by atoms with Gasteiger partial charge in [-0.15, -0.1) is 0 Å². The van der Waals surface area contributed by atoms with Gasteiger partial charge in [0.15, 0.2) is 0 Å². The van der Waals surface area contributed by atoms with Gasteiger partial charge in [-0.3, -0.25) is 19.2 Å². The number of hydrogen-bond acceptors (Lipinski definition) is 4. The topological polar surface area (TPSA) is 130 Å². The summed E-state index contributed by atoms with van der Waals surface area (Å²) in [6, 6.07) is 7.43. The van der Waals surface area contributed by atoms with Crippen molar-refractivity contribution in [3.8, 4) is 0 Å². The number of carbonyl (C=O) groups excluding carboxylic acids is 4. The fourth-order valence-electron chi connectivity index (χ4n) is 2.13. The molecule has 0 aliphatic heterocycles. The fraction of sp³-hybridized carbons (Fsp3) is 0.333. The van der Waals surface area contributed by atoms with E-state index in [-0.39, 0.29) is 18.0 Å². The van der Waals surface area contributed by atoms with Crippen molar-refractivity contribution in [1.82, 2.24) is 16.0 Å². The van der Waals surface area contributed by atoms with Crippen molar-refractivity contribution in [3.63, 3.8) is 0 Å². The highest BCUT2D eigenvalue weighted by atomic mass is 16.2. The predicted octanol–water partition coefficient (Wildman–Crippen LogP) is -0.256. The molecule has 0 radical (unpaired) electrons. The van der Waals surface area contributed by atoms with Crippen molar-refractivity contribution in [3.05, 3.63) is 47.7 Å². The minimum absolute atomic E-state index is 0.0356. The maximum Gasteiger partial charge on any atom is 0.268 e. The molecule has 0 fully saturated rings. The van der Waals surface area contributed by atoms with Gasteiger partial charge in [0.2, 0.25) is 17.7 Å². The summed E-state index contributed by atoms with van der Waals surface area (Å²) in [5.74, 6) is -2.25. The summed E-state index contributed by atoms with van der Waals surface area (Å²) >= 11 is 0. The lowest BCUT2D eigenvalue weighted by Gasteiger charge is -2.19. The smallest absolute Gasteiger partial charge is 0.268 e. The SMILES string of the molecule is C/C=C(/NC(=O)[C@H](Cc1ccccc1)NC(C)=O)C(=O)N[C@@H](C)C(N)=O. The van der Waals surface area contributed by atoms with Crippen molar-refractivity contribution in [1.29, 1.82) is 0 Å². The number of primary amides is 1. The first-order chi connectivity index (χ1) is 12.2. The van der Waals surface area contributed by atoms with Crippen molar-refractivity contribution in [2.75, 3.05) is 0 Å². The van der Waals surface area contributed by atoms with Crippen LogP contribution in [-0.2, 0) is 25.6 Å². The van der Waals surface area contributed by atoms with Crippen LogP contribution in [0.5, 0.6) is 0 Å². The molecular formula is C18H24N4O4. The van der Waals surface area contributed by atoms with Gasteiger partial charge < -0.3 is 21.7 Å². The first-order valence-corrected chi connectivity index (χ1v) is 8.13. The van der Waals surface area contributed by atoms with Gasteiger partial charge in [-0.05, 0) is 19.4 Å². The quantitative estimate of drug-likeness (QED) is 0.476. The summed E-state index contributed by atoms with van der Waals surface area (Å²) in [6.45, 7) is 4.31. The van der Waals surface area contributed by atoms with Gasteiger partial charge in [0.05, 0.1) is 0 Å². The van der Waals surface area contributed by atoms with E-state index in [2.05, 4.69) is 16.0 Å². The molecule has 0 aliphatic carbocycles. The number of hydrogen-bond donors (Lipinski definition) is 4. The Morgan fingerprint density at radius 2 is 1.73 bits per heavy atom. The van der Waals surface area contributed by atoms with Crippen LogP contribution in [0.25, 0.3) is 0 Å². The Kier molecular flexibility index (Phi) is 8.01. The Morgan fingerprint density at radius 1 is 1.12 bits per heavy atom. The van der Waals surface area contributed by atoms with Gasteiger partial charge >= 0.3 is 0 Å². The van der Waals surface area contributed by atoms with E-state index >= 15 is 0 Å². The molecule has 1 rings (SSSR count). The van der Waals surface area contributed by atoms with Crippen LogP contribution >= 0.6 is 0 Å². The highest BCUT2D eigenvalue weighted by molar-refractivity contribution is 6.00. The molecule has 26 heavy (non-hydrogen) atoms. The average Bonchev–Trinajstić information content (AvgIpc) is 2.59. The van der Waals surface area contributed by atoms with Crippen LogP contribution in [0.3, 0.4) is 0 Å². The van der Waals surface area contributed by atoms with Crippen molar-refractivity contribution >= 4 is 23.6 Å². The van der Waals surface area contributed by atoms with Crippen LogP contribution in [0.2, 0.25) is 0 Å². The highest BCUT2D eigenvalue weighted by Crippen LogP contribution is 2.05. The first kappa shape index (κ1) is 20.9. The van der Waals surface area contributed by atoms with E-state index < -0.39 is 29.8 Å². The standard InChI is InChI=1S/C18H24N4O4/c1-4-14(17(25)20-11(2)16(19)24)22-18(26)15(21-12(3)23)10-13-8-6-5-7-9-13/h4-9,11,15H,10H2,1-3H3,(H2,19,24)(H,20,25)(H,21,23)(H,22,26)/b14-4+/t11-,15-/m0/s1. The summed E-state index contributed by atoms with van der Waals surface area (Å²) in [5.41, 5.74) is 5.93. The Labute approximate surface area is 152 Å². The minimum atomic E-state index is -0.884. The summed E-state index contributed by atoms with van der Waals surface area (Å²) in [5, 5.41) is 7.43. The number of nitrogens with one attached hydrogen (secondary N) is 3. The van der Waals surface area contributed by atoms with Crippen LogP contribution in [0.1, 0.15) is 26.3 Å². The second-order valence-electron chi connectivity index (χ2n) is 5.73. The lowest BCUT2D eigenvalue weighted by Crippen LogP contribution is -2.50. The zero-order chi connectivity index (χ0) is 19.7. The molecule has 0 aliphatic rings. The lowest BCUT2D eigenvalue weighted by atomic mass is 10.0. The van der Waals surface area contributed by atoms with Crippen molar-refractivity contribution in [2.45, 2.75) is 39.3 Å². The Hall–Kier alpha value is -3.16. The maximum absolute atomic E-state index is 12.5. The number of carbonyl (C=O) groups is 4. The van der Waals surface area contributed by atoms with Crippen LogP contribution in [0, 0.1) is 0 Å². The van der Waals surface area contributed by atoms with Gasteiger partial charge in [-0.1, -0.05) is 36.4 Å².